The van der Waals surface area contributed by atoms with Crippen molar-refractivity contribution >= 4 is 29.0 Å². The second-order valence-corrected chi connectivity index (χ2v) is 6.70. The molecule has 0 atom stereocenters. The van der Waals surface area contributed by atoms with E-state index in [9.17, 15) is 14.9 Å². The Morgan fingerprint density at radius 2 is 1.67 bits per heavy atom. The van der Waals surface area contributed by atoms with Crippen LogP contribution in [-0.4, -0.2) is 21.6 Å². The summed E-state index contributed by atoms with van der Waals surface area (Å²) in [5, 5.41) is 11.3. The van der Waals surface area contributed by atoms with E-state index in [1.807, 2.05) is 60.7 Å². The topological polar surface area (TPSA) is 76.3 Å². The lowest BCUT2D eigenvalue weighted by Crippen LogP contribution is -2.31. The minimum atomic E-state index is -0.496. The Morgan fingerprint density at radius 1 is 1.00 bits per heavy atom. The van der Waals surface area contributed by atoms with Crippen LogP contribution in [0.15, 0.2) is 84.0 Å². The molecule has 0 saturated carbocycles. The third kappa shape index (κ3) is 5.15. The van der Waals surface area contributed by atoms with Crippen LogP contribution in [0.4, 0.5) is 11.4 Å². The zero-order valence-corrected chi connectivity index (χ0v) is 15.2. The number of carbonyl (C=O) groups excluding carboxylic acids is 1. The van der Waals surface area contributed by atoms with Gasteiger partial charge in [0, 0.05) is 11.8 Å². The zero-order valence-electron chi connectivity index (χ0n) is 14.4. The largest absolute Gasteiger partial charge is 0.307 e. The fourth-order valence-corrected chi connectivity index (χ4v) is 3.20. The lowest BCUT2D eigenvalue weighted by Gasteiger charge is -2.23. The Kier molecular flexibility index (Phi) is 6.17. The predicted octanol–water partition coefficient (Wildman–Crippen LogP) is 4.32. The number of anilines is 1. The van der Waals surface area contributed by atoms with Gasteiger partial charge in [-0.1, -0.05) is 60.3 Å². The van der Waals surface area contributed by atoms with Gasteiger partial charge in [-0.05, 0) is 23.8 Å². The molecule has 0 unspecified atom stereocenters. The Labute approximate surface area is 161 Å². The highest BCUT2D eigenvalue weighted by molar-refractivity contribution is 7.99. The number of rotatable bonds is 7. The van der Waals surface area contributed by atoms with E-state index >= 15 is 0 Å². The lowest BCUT2D eigenvalue weighted by molar-refractivity contribution is -0.385. The fourth-order valence-electron chi connectivity index (χ4n) is 2.48. The first kappa shape index (κ1) is 18.6. The molecule has 0 N–H and O–H groups in total. The highest BCUT2D eigenvalue weighted by Crippen LogP contribution is 2.22. The number of aromatic nitrogens is 1. The van der Waals surface area contributed by atoms with E-state index < -0.39 is 4.92 Å². The molecule has 1 amide bonds. The molecule has 3 rings (SSSR count). The van der Waals surface area contributed by atoms with Crippen molar-refractivity contribution < 1.29 is 9.72 Å². The van der Waals surface area contributed by atoms with Crippen molar-refractivity contribution in [3.63, 3.8) is 0 Å². The van der Waals surface area contributed by atoms with E-state index in [1.165, 1.54) is 24.0 Å². The second-order valence-electron chi connectivity index (χ2n) is 5.70. The highest BCUT2D eigenvalue weighted by Gasteiger charge is 2.17. The van der Waals surface area contributed by atoms with Crippen LogP contribution >= 0.6 is 11.8 Å². The summed E-state index contributed by atoms with van der Waals surface area (Å²) < 4.78 is 0. The third-order valence-corrected chi connectivity index (χ3v) is 4.76. The number of nitro groups is 1. The monoisotopic (exact) mass is 379 g/mol. The molecule has 3 aromatic rings. The average Bonchev–Trinajstić information content (AvgIpc) is 2.72. The molecule has 0 radical (unpaired) electrons. The van der Waals surface area contributed by atoms with Gasteiger partial charge in [-0.25, -0.2) is 4.98 Å². The maximum absolute atomic E-state index is 12.9. The number of thioether (sulfide) groups is 1. The number of benzene rings is 2. The van der Waals surface area contributed by atoms with Crippen molar-refractivity contribution in [2.75, 3.05) is 10.7 Å². The average molecular weight is 379 g/mol. The van der Waals surface area contributed by atoms with Gasteiger partial charge in [-0.2, -0.15) is 0 Å². The normalized spacial score (nSPS) is 10.4. The summed E-state index contributed by atoms with van der Waals surface area (Å²) >= 11 is 1.26. The lowest BCUT2D eigenvalue weighted by atomic mass is 10.2. The smallest absolute Gasteiger partial charge is 0.287 e. The van der Waals surface area contributed by atoms with Crippen molar-refractivity contribution in [1.82, 2.24) is 4.98 Å². The third-order valence-electron chi connectivity index (χ3n) is 3.83. The second kappa shape index (κ2) is 8.95. The summed E-state index contributed by atoms with van der Waals surface area (Å²) in [5.74, 6) is 0.127. The minimum absolute atomic E-state index is 0.0600. The molecule has 0 bridgehead atoms. The van der Waals surface area contributed by atoms with Crippen LogP contribution in [0.1, 0.15) is 5.56 Å². The molecule has 27 heavy (non-hydrogen) atoms. The SMILES string of the molecule is O=C(CSc1ccc([N+](=O)[O-])cn1)N(Cc1ccccc1)c1ccccc1. The first-order valence-electron chi connectivity index (χ1n) is 8.26. The molecule has 0 aliphatic rings. The number of nitrogens with zero attached hydrogens (tertiary/aromatic N) is 3. The first-order valence-corrected chi connectivity index (χ1v) is 9.24. The first-order chi connectivity index (χ1) is 13.1. The van der Waals surface area contributed by atoms with Gasteiger partial charge in [0.25, 0.3) is 5.69 Å². The van der Waals surface area contributed by atoms with E-state index in [4.69, 9.17) is 0 Å². The molecule has 0 spiro atoms. The van der Waals surface area contributed by atoms with Crippen molar-refractivity contribution in [3.05, 3.63) is 94.7 Å². The molecular formula is C20H17N3O3S. The molecule has 2 aromatic carbocycles. The van der Waals surface area contributed by atoms with E-state index in [2.05, 4.69) is 4.98 Å². The van der Waals surface area contributed by atoms with Gasteiger partial charge in [-0.3, -0.25) is 14.9 Å². The Balaban J connectivity index is 1.71. The van der Waals surface area contributed by atoms with Gasteiger partial charge in [0.15, 0.2) is 0 Å². The molecule has 7 heteroatoms. The van der Waals surface area contributed by atoms with Crippen LogP contribution in [-0.2, 0) is 11.3 Å². The summed E-state index contributed by atoms with van der Waals surface area (Å²) in [6.07, 6.45) is 1.20. The molecule has 0 aliphatic carbocycles. The Bertz CT molecular complexity index is 903. The van der Waals surface area contributed by atoms with Crippen LogP contribution < -0.4 is 4.90 Å². The van der Waals surface area contributed by atoms with Gasteiger partial charge in [0.05, 0.1) is 22.2 Å². The summed E-state index contributed by atoms with van der Waals surface area (Å²) in [6.45, 7) is 0.470. The number of hydrogen-bond acceptors (Lipinski definition) is 5. The Hall–Kier alpha value is -3.19. The van der Waals surface area contributed by atoms with Crippen LogP contribution in [0.3, 0.4) is 0 Å². The number of carbonyl (C=O) groups is 1. The van der Waals surface area contributed by atoms with E-state index in [0.717, 1.165) is 11.3 Å². The van der Waals surface area contributed by atoms with Crippen LogP contribution in [0.5, 0.6) is 0 Å². The van der Waals surface area contributed by atoms with Gasteiger partial charge >= 0.3 is 0 Å². The molecule has 136 valence electrons. The number of para-hydroxylation sites is 1. The molecule has 0 aliphatic heterocycles. The number of amides is 1. The maximum atomic E-state index is 12.9. The van der Waals surface area contributed by atoms with Crippen molar-refractivity contribution in [2.24, 2.45) is 0 Å². The summed E-state index contributed by atoms with van der Waals surface area (Å²) in [4.78, 5) is 28.8. The molecule has 0 saturated heterocycles. The maximum Gasteiger partial charge on any atom is 0.287 e. The zero-order chi connectivity index (χ0) is 19.1. The number of pyridine rings is 1. The van der Waals surface area contributed by atoms with Gasteiger partial charge in [0.2, 0.25) is 5.91 Å². The van der Waals surface area contributed by atoms with Crippen molar-refractivity contribution in [1.29, 1.82) is 0 Å². The standard InChI is InChI=1S/C20H17N3O3S/c24-20(15-27-19-12-11-18(13-21-19)23(25)26)22(17-9-5-2-6-10-17)14-16-7-3-1-4-8-16/h1-13H,14-15H2. The summed E-state index contributed by atoms with van der Waals surface area (Å²) in [5.41, 5.74) is 1.79. The van der Waals surface area contributed by atoms with Gasteiger partial charge in [-0.15, -0.1) is 0 Å². The van der Waals surface area contributed by atoms with Crippen LogP contribution in [0.2, 0.25) is 0 Å². The fraction of sp³-hybridized carbons (Fsp3) is 0.100. The van der Waals surface area contributed by atoms with E-state index in [-0.39, 0.29) is 17.3 Å². The Morgan fingerprint density at radius 3 is 2.26 bits per heavy atom. The molecule has 1 heterocycles. The van der Waals surface area contributed by atoms with Gasteiger partial charge in [0.1, 0.15) is 6.20 Å². The van der Waals surface area contributed by atoms with Crippen molar-refractivity contribution in [2.45, 2.75) is 11.6 Å². The van der Waals surface area contributed by atoms with Gasteiger partial charge < -0.3 is 4.90 Å². The van der Waals surface area contributed by atoms with Crippen molar-refractivity contribution in [3.8, 4) is 0 Å². The molecule has 1 aromatic heterocycles. The van der Waals surface area contributed by atoms with E-state index in [1.54, 1.807) is 11.0 Å². The number of hydrogen-bond donors (Lipinski definition) is 0. The van der Waals surface area contributed by atoms with Crippen LogP contribution in [0.25, 0.3) is 0 Å². The summed E-state index contributed by atoms with van der Waals surface area (Å²) in [6, 6.07) is 22.2. The minimum Gasteiger partial charge on any atom is -0.307 e. The highest BCUT2D eigenvalue weighted by atomic mass is 32.2. The van der Waals surface area contributed by atoms with E-state index in [0.29, 0.717) is 11.6 Å². The van der Waals surface area contributed by atoms with Crippen LogP contribution in [0, 0.1) is 10.1 Å². The molecule has 0 fully saturated rings. The molecular weight excluding hydrogens is 362 g/mol. The quantitative estimate of drug-likeness (QED) is 0.347. The summed E-state index contributed by atoms with van der Waals surface area (Å²) in [7, 11) is 0. The predicted molar refractivity (Wildman–Crippen MR) is 106 cm³/mol. The molecule has 6 nitrogen and oxygen atoms in total.